The highest BCUT2D eigenvalue weighted by molar-refractivity contribution is 5.99. The van der Waals surface area contributed by atoms with Crippen molar-refractivity contribution in [2.24, 2.45) is 0 Å². The van der Waals surface area contributed by atoms with Crippen molar-refractivity contribution in [1.29, 1.82) is 0 Å². The molecule has 0 unspecified atom stereocenters. The maximum absolute atomic E-state index is 12.9. The first-order valence-electron chi connectivity index (χ1n) is 6.02. The quantitative estimate of drug-likeness (QED) is 0.623. The van der Waals surface area contributed by atoms with E-state index >= 15 is 0 Å². The molecular weight excluding hydrogens is 235 g/mol. The second kappa shape index (κ2) is 6.96. The lowest BCUT2D eigenvalue weighted by Gasteiger charge is -2.21. The van der Waals surface area contributed by atoms with Gasteiger partial charge in [-0.25, -0.2) is 4.39 Å². The maximum Gasteiger partial charge on any atom is 0.256 e. The molecule has 18 heavy (non-hydrogen) atoms. The molecule has 0 spiro atoms. The van der Waals surface area contributed by atoms with E-state index in [9.17, 15) is 9.18 Å². The van der Waals surface area contributed by atoms with Crippen molar-refractivity contribution in [2.75, 3.05) is 32.0 Å². The van der Waals surface area contributed by atoms with Crippen molar-refractivity contribution in [3.8, 4) is 0 Å². The minimum Gasteiger partial charge on any atom is -0.398 e. The van der Waals surface area contributed by atoms with Crippen LogP contribution in [0.4, 0.5) is 10.1 Å². The van der Waals surface area contributed by atoms with E-state index in [2.05, 4.69) is 0 Å². The lowest BCUT2D eigenvalue weighted by Crippen LogP contribution is -2.34. The van der Waals surface area contributed by atoms with E-state index in [-0.39, 0.29) is 11.6 Å². The van der Waals surface area contributed by atoms with E-state index in [0.717, 1.165) is 6.07 Å². The molecule has 0 saturated heterocycles. The molecule has 2 N–H and O–H groups in total. The molecule has 0 aliphatic rings. The number of hydrogen-bond donors (Lipinski definition) is 1. The molecule has 0 atom stereocenters. The average molecular weight is 254 g/mol. The van der Waals surface area contributed by atoms with Crippen molar-refractivity contribution in [2.45, 2.75) is 13.8 Å². The molecule has 4 nitrogen and oxygen atoms in total. The molecule has 0 aromatic heterocycles. The smallest absolute Gasteiger partial charge is 0.256 e. The van der Waals surface area contributed by atoms with Gasteiger partial charge in [-0.1, -0.05) is 0 Å². The van der Waals surface area contributed by atoms with Crippen LogP contribution in [0.3, 0.4) is 0 Å². The molecule has 0 aliphatic heterocycles. The fourth-order valence-corrected chi connectivity index (χ4v) is 1.62. The summed E-state index contributed by atoms with van der Waals surface area (Å²) in [5, 5.41) is 0. The Balaban J connectivity index is 2.76. The van der Waals surface area contributed by atoms with E-state index in [1.165, 1.54) is 12.1 Å². The van der Waals surface area contributed by atoms with Gasteiger partial charge in [0.1, 0.15) is 5.82 Å². The molecule has 1 aromatic carbocycles. The molecule has 0 saturated carbocycles. The van der Waals surface area contributed by atoms with Gasteiger partial charge in [0.15, 0.2) is 0 Å². The Morgan fingerprint density at radius 1 is 1.44 bits per heavy atom. The zero-order valence-electron chi connectivity index (χ0n) is 10.8. The third kappa shape index (κ3) is 3.70. The van der Waals surface area contributed by atoms with Gasteiger partial charge in [0, 0.05) is 25.4 Å². The number of hydrogen-bond acceptors (Lipinski definition) is 3. The molecule has 0 fully saturated rings. The minimum atomic E-state index is -0.443. The summed E-state index contributed by atoms with van der Waals surface area (Å²) in [5.41, 5.74) is 6.14. The van der Waals surface area contributed by atoms with Gasteiger partial charge in [-0.05, 0) is 32.0 Å². The number of halogens is 1. The van der Waals surface area contributed by atoms with E-state index in [1.54, 1.807) is 4.90 Å². The van der Waals surface area contributed by atoms with E-state index < -0.39 is 5.82 Å². The lowest BCUT2D eigenvalue weighted by molar-refractivity contribution is 0.0670. The van der Waals surface area contributed by atoms with Crippen molar-refractivity contribution in [3.63, 3.8) is 0 Å². The predicted molar refractivity (Wildman–Crippen MR) is 68.9 cm³/mol. The fraction of sp³-hybridized carbons (Fsp3) is 0.462. The van der Waals surface area contributed by atoms with Crippen molar-refractivity contribution >= 4 is 11.6 Å². The van der Waals surface area contributed by atoms with Crippen LogP contribution in [0.25, 0.3) is 0 Å². The standard InChI is InChI=1S/C13H19FN2O2/c1-3-16(7-8-18-4-2)13(17)11-6-5-10(14)9-12(11)15/h5-6,9H,3-4,7-8,15H2,1-2H3. The molecule has 0 heterocycles. The number of carbonyl (C=O) groups excluding carboxylic acids is 1. The average Bonchev–Trinajstić information content (AvgIpc) is 2.34. The number of nitrogens with zero attached hydrogens (tertiary/aromatic N) is 1. The first kappa shape index (κ1) is 14.4. The molecule has 1 amide bonds. The Hall–Kier alpha value is -1.62. The molecule has 1 aromatic rings. The summed E-state index contributed by atoms with van der Waals surface area (Å²) in [6.45, 7) is 5.93. The number of nitrogen functional groups attached to an aromatic ring is 1. The van der Waals surface area contributed by atoms with Gasteiger partial charge < -0.3 is 15.4 Å². The zero-order valence-corrected chi connectivity index (χ0v) is 10.8. The molecule has 0 radical (unpaired) electrons. The van der Waals surface area contributed by atoms with Gasteiger partial charge in [0.05, 0.1) is 12.2 Å². The lowest BCUT2D eigenvalue weighted by atomic mass is 10.1. The van der Waals surface area contributed by atoms with Crippen LogP contribution in [0.1, 0.15) is 24.2 Å². The molecule has 5 heteroatoms. The highest BCUT2D eigenvalue weighted by Crippen LogP contribution is 2.15. The molecule has 0 bridgehead atoms. The van der Waals surface area contributed by atoms with Crippen LogP contribution >= 0.6 is 0 Å². The number of likely N-dealkylation sites (N-methyl/N-ethyl adjacent to an activating group) is 1. The van der Waals surface area contributed by atoms with E-state index in [4.69, 9.17) is 10.5 Å². The minimum absolute atomic E-state index is 0.162. The van der Waals surface area contributed by atoms with Gasteiger partial charge in [0.2, 0.25) is 0 Å². The maximum atomic E-state index is 12.9. The van der Waals surface area contributed by atoms with Crippen LogP contribution in [0, 0.1) is 5.82 Å². The molecule has 100 valence electrons. The van der Waals surface area contributed by atoms with Gasteiger partial charge in [-0.15, -0.1) is 0 Å². The Kier molecular flexibility index (Phi) is 5.58. The summed E-state index contributed by atoms with van der Waals surface area (Å²) in [6, 6.07) is 3.81. The summed E-state index contributed by atoms with van der Waals surface area (Å²) in [6.07, 6.45) is 0. The Morgan fingerprint density at radius 3 is 2.72 bits per heavy atom. The summed E-state index contributed by atoms with van der Waals surface area (Å²) >= 11 is 0. The third-order valence-electron chi connectivity index (χ3n) is 2.62. The highest BCUT2D eigenvalue weighted by Gasteiger charge is 2.16. The van der Waals surface area contributed by atoms with Crippen molar-refractivity contribution in [3.05, 3.63) is 29.6 Å². The zero-order chi connectivity index (χ0) is 13.5. The van der Waals surface area contributed by atoms with Crippen LogP contribution in [0.15, 0.2) is 18.2 Å². The first-order chi connectivity index (χ1) is 8.60. The number of amides is 1. The van der Waals surface area contributed by atoms with Crippen LogP contribution in [-0.4, -0.2) is 37.1 Å². The Morgan fingerprint density at radius 2 is 2.17 bits per heavy atom. The summed E-state index contributed by atoms with van der Waals surface area (Å²) in [7, 11) is 0. The number of ether oxygens (including phenoxy) is 1. The first-order valence-corrected chi connectivity index (χ1v) is 6.02. The van der Waals surface area contributed by atoms with Crippen LogP contribution in [-0.2, 0) is 4.74 Å². The predicted octanol–water partition coefficient (Wildman–Crippen LogP) is 1.91. The molecule has 1 rings (SSSR count). The van der Waals surface area contributed by atoms with E-state index in [0.29, 0.717) is 31.9 Å². The number of nitrogens with two attached hydrogens (primary N) is 1. The second-order valence-corrected chi connectivity index (χ2v) is 3.81. The fourth-order valence-electron chi connectivity index (χ4n) is 1.62. The summed E-state index contributed by atoms with van der Waals surface area (Å²) in [4.78, 5) is 13.8. The monoisotopic (exact) mass is 254 g/mol. The summed E-state index contributed by atoms with van der Waals surface area (Å²) < 4.78 is 18.1. The Labute approximate surface area is 107 Å². The van der Waals surface area contributed by atoms with Crippen molar-refractivity contribution in [1.82, 2.24) is 4.90 Å². The number of carbonyl (C=O) groups is 1. The Bertz CT molecular complexity index is 410. The van der Waals surface area contributed by atoms with Crippen molar-refractivity contribution < 1.29 is 13.9 Å². The number of rotatable bonds is 6. The van der Waals surface area contributed by atoms with Crippen LogP contribution in [0.2, 0.25) is 0 Å². The van der Waals surface area contributed by atoms with Gasteiger partial charge in [-0.2, -0.15) is 0 Å². The third-order valence-corrected chi connectivity index (χ3v) is 2.62. The number of benzene rings is 1. The topological polar surface area (TPSA) is 55.6 Å². The highest BCUT2D eigenvalue weighted by atomic mass is 19.1. The van der Waals surface area contributed by atoms with Gasteiger partial charge in [0.25, 0.3) is 5.91 Å². The largest absolute Gasteiger partial charge is 0.398 e. The van der Waals surface area contributed by atoms with Crippen LogP contribution < -0.4 is 5.73 Å². The SMILES string of the molecule is CCOCCN(CC)C(=O)c1ccc(F)cc1N. The van der Waals surface area contributed by atoms with Gasteiger partial charge in [-0.3, -0.25) is 4.79 Å². The van der Waals surface area contributed by atoms with E-state index in [1.807, 2.05) is 13.8 Å². The van der Waals surface area contributed by atoms with Gasteiger partial charge >= 0.3 is 0 Å². The summed E-state index contributed by atoms with van der Waals surface area (Å²) in [5.74, 6) is -0.642. The van der Waals surface area contributed by atoms with Crippen LogP contribution in [0.5, 0.6) is 0 Å². The molecule has 0 aliphatic carbocycles. The number of anilines is 1. The normalized spacial score (nSPS) is 10.4. The second-order valence-electron chi connectivity index (χ2n) is 3.81. The molecular formula is C13H19FN2O2.